The predicted octanol–water partition coefficient (Wildman–Crippen LogP) is 1.63. The Morgan fingerprint density at radius 2 is 2.12 bits per heavy atom. The summed E-state index contributed by atoms with van der Waals surface area (Å²) in [6, 6.07) is 0. The Morgan fingerprint density at radius 1 is 1.47 bits per heavy atom. The predicted molar refractivity (Wildman–Crippen MR) is 65.4 cm³/mol. The van der Waals surface area contributed by atoms with Gasteiger partial charge in [0.05, 0.1) is 12.6 Å². The molecule has 1 saturated heterocycles. The normalized spacial score (nSPS) is 24.2. The van der Waals surface area contributed by atoms with Crippen LogP contribution in [0.3, 0.4) is 0 Å². The van der Waals surface area contributed by atoms with E-state index in [2.05, 4.69) is 11.8 Å². The molecule has 96 valence electrons. The third kappa shape index (κ3) is 4.27. The second-order valence-electron chi connectivity index (χ2n) is 5.34. The Morgan fingerprint density at radius 3 is 2.65 bits per heavy atom. The van der Waals surface area contributed by atoms with Crippen molar-refractivity contribution >= 4 is 6.09 Å². The lowest BCUT2D eigenvalue weighted by Crippen LogP contribution is -2.35. The van der Waals surface area contributed by atoms with Crippen molar-refractivity contribution in [1.82, 2.24) is 4.90 Å². The molecule has 0 aromatic carbocycles. The van der Waals surface area contributed by atoms with Crippen LogP contribution in [0.5, 0.6) is 0 Å². The van der Waals surface area contributed by atoms with Gasteiger partial charge >= 0.3 is 6.09 Å². The van der Waals surface area contributed by atoms with E-state index in [9.17, 15) is 9.90 Å². The van der Waals surface area contributed by atoms with E-state index in [4.69, 9.17) is 4.74 Å². The first-order valence-corrected chi connectivity index (χ1v) is 5.89. The molecule has 0 bridgehead atoms. The smallest absolute Gasteiger partial charge is 0.410 e. The number of amides is 1. The summed E-state index contributed by atoms with van der Waals surface area (Å²) in [5, 5.41) is 9.82. The van der Waals surface area contributed by atoms with E-state index >= 15 is 0 Å². The summed E-state index contributed by atoms with van der Waals surface area (Å²) < 4.78 is 5.26. The SMILES string of the molecule is CC#CCC1CN(C(=O)OC(C)(C)C)CC1O. The van der Waals surface area contributed by atoms with Gasteiger partial charge in [-0.05, 0) is 27.7 Å². The molecule has 4 heteroatoms. The maximum absolute atomic E-state index is 11.8. The van der Waals surface area contributed by atoms with E-state index in [0.29, 0.717) is 19.5 Å². The monoisotopic (exact) mass is 239 g/mol. The largest absolute Gasteiger partial charge is 0.444 e. The van der Waals surface area contributed by atoms with E-state index in [1.165, 1.54) is 0 Å². The number of rotatable bonds is 1. The zero-order chi connectivity index (χ0) is 13.1. The van der Waals surface area contributed by atoms with Crippen molar-refractivity contribution in [3.63, 3.8) is 0 Å². The highest BCUT2D eigenvalue weighted by Gasteiger charge is 2.35. The van der Waals surface area contributed by atoms with Crippen LogP contribution in [0, 0.1) is 17.8 Å². The highest BCUT2D eigenvalue weighted by molar-refractivity contribution is 5.68. The highest BCUT2D eigenvalue weighted by Crippen LogP contribution is 2.22. The first-order chi connectivity index (χ1) is 7.83. The molecule has 0 aromatic heterocycles. The van der Waals surface area contributed by atoms with E-state index < -0.39 is 11.7 Å². The number of ether oxygens (including phenoxy) is 1. The number of β-amino-alcohol motifs (C(OH)–C–C–N with tert-alkyl or cyclic N) is 1. The van der Waals surface area contributed by atoms with Crippen LogP contribution in [0.2, 0.25) is 0 Å². The fraction of sp³-hybridized carbons (Fsp3) is 0.769. The van der Waals surface area contributed by atoms with Gasteiger partial charge in [-0.1, -0.05) is 0 Å². The maximum atomic E-state index is 11.8. The molecule has 1 aliphatic rings. The molecule has 2 atom stereocenters. The molecule has 1 amide bonds. The molecule has 2 unspecified atom stereocenters. The van der Waals surface area contributed by atoms with Gasteiger partial charge < -0.3 is 14.7 Å². The highest BCUT2D eigenvalue weighted by atomic mass is 16.6. The number of aliphatic hydroxyl groups excluding tert-OH is 1. The molecular formula is C13H21NO3. The number of carbonyl (C=O) groups excluding carboxylic acids is 1. The minimum absolute atomic E-state index is 0.0370. The van der Waals surface area contributed by atoms with Gasteiger partial charge in [0.25, 0.3) is 0 Å². The molecule has 1 fully saturated rings. The van der Waals surface area contributed by atoms with Gasteiger partial charge in [0, 0.05) is 18.9 Å². The van der Waals surface area contributed by atoms with Crippen molar-refractivity contribution in [3.8, 4) is 11.8 Å². The zero-order valence-corrected chi connectivity index (χ0v) is 11.0. The van der Waals surface area contributed by atoms with Crippen molar-refractivity contribution in [2.24, 2.45) is 5.92 Å². The quantitative estimate of drug-likeness (QED) is 0.707. The van der Waals surface area contributed by atoms with Gasteiger partial charge in [0.2, 0.25) is 0 Å². The van der Waals surface area contributed by atoms with Gasteiger partial charge in [0.15, 0.2) is 0 Å². The molecular weight excluding hydrogens is 218 g/mol. The van der Waals surface area contributed by atoms with E-state index in [-0.39, 0.29) is 12.0 Å². The molecule has 1 rings (SSSR count). The van der Waals surface area contributed by atoms with Crippen LogP contribution in [0.4, 0.5) is 4.79 Å². The summed E-state index contributed by atoms with van der Waals surface area (Å²) >= 11 is 0. The van der Waals surface area contributed by atoms with Gasteiger partial charge in [-0.3, -0.25) is 0 Å². The van der Waals surface area contributed by atoms with E-state index in [1.807, 2.05) is 20.8 Å². The summed E-state index contributed by atoms with van der Waals surface area (Å²) in [4.78, 5) is 13.3. The van der Waals surface area contributed by atoms with Crippen LogP contribution < -0.4 is 0 Å². The Bertz CT molecular complexity index is 335. The molecule has 0 spiro atoms. The molecule has 1 heterocycles. The summed E-state index contributed by atoms with van der Waals surface area (Å²) in [5.74, 6) is 5.78. The zero-order valence-electron chi connectivity index (χ0n) is 11.0. The number of carbonyl (C=O) groups is 1. The Hall–Kier alpha value is -1.21. The third-order valence-electron chi connectivity index (χ3n) is 2.60. The van der Waals surface area contributed by atoms with Crippen LogP contribution in [-0.4, -0.2) is 40.9 Å². The summed E-state index contributed by atoms with van der Waals surface area (Å²) in [6.07, 6.45) is -0.233. The first kappa shape index (κ1) is 13.9. The van der Waals surface area contributed by atoms with Crippen LogP contribution in [0.1, 0.15) is 34.1 Å². The van der Waals surface area contributed by atoms with E-state index in [1.54, 1.807) is 11.8 Å². The van der Waals surface area contributed by atoms with Gasteiger partial charge in [-0.2, -0.15) is 0 Å². The van der Waals surface area contributed by atoms with Crippen molar-refractivity contribution in [2.75, 3.05) is 13.1 Å². The number of aliphatic hydroxyl groups is 1. The molecule has 1 aliphatic heterocycles. The molecule has 17 heavy (non-hydrogen) atoms. The van der Waals surface area contributed by atoms with Crippen molar-refractivity contribution in [2.45, 2.75) is 45.8 Å². The fourth-order valence-electron chi connectivity index (χ4n) is 1.76. The lowest BCUT2D eigenvalue weighted by molar-refractivity contribution is 0.0270. The van der Waals surface area contributed by atoms with E-state index in [0.717, 1.165) is 0 Å². The van der Waals surface area contributed by atoms with Gasteiger partial charge in [-0.25, -0.2) is 4.79 Å². The van der Waals surface area contributed by atoms with Crippen LogP contribution in [0.25, 0.3) is 0 Å². The number of nitrogens with zero attached hydrogens (tertiary/aromatic N) is 1. The fourth-order valence-corrected chi connectivity index (χ4v) is 1.76. The summed E-state index contributed by atoms with van der Waals surface area (Å²) in [6.45, 7) is 8.12. The number of hydrogen-bond donors (Lipinski definition) is 1. The summed E-state index contributed by atoms with van der Waals surface area (Å²) in [5.41, 5.74) is -0.497. The molecule has 0 aliphatic carbocycles. The van der Waals surface area contributed by atoms with Crippen molar-refractivity contribution < 1.29 is 14.6 Å². The van der Waals surface area contributed by atoms with Crippen LogP contribution in [0.15, 0.2) is 0 Å². The minimum Gasteiger partial charge on any atom is -0.444 e. The minimum atomic E-state index is -0.497. The topological polar surface area (TPSA) is 49.8 Å². The lowest BCUT2D eigenvalue weighted by atomic mass is 10.0. The first-order valence-electron chi connectivity index (χ1n) is 5.89. The third-order valence-corrected chi connectivity index (χ3v) is 2.60. The molecule has 0 aromatic rings. The Balaban J connectivity index is 2.52. The van der Waals surface area contributed by atoms with Gasteiger partial charge in [-0.15, -0.1) is 11.8 Å². The molecule has 1 N–H and O–H groups in total. The second-order valence-corrected chi connectivity index (χ2v) is 5.34. The Labute approximate surface area is 103 Å². The number of hydrogen-bond acceptors (Lipinski definition) is 3. The summed E-state index contributed by atoms with van der Waals surface area (Å²) in [7, 11) is 0. The number of likely N-dealkylation sites (tertiary alicyclic amines) is 1. The second kappa shape index (κ2) is 5.42. The average Bonchev–Trinajstić information content (AvgIpc) is 2.54. The van der Waals surface area contributed by atoms with Crippen molar-refractivity contribution in [1.29, 1.82) is 0 Å². The Kier molecular flexibility index (Phi) is 4.41. The van der Waals surface area contributed by atoms with Crippen LogP contribution in [-0.2, 0) is 4.74 Å². The molecule has 0 saturated carbocycles. The van der Waals surface area contributed by atoms with Crippen LogP contribution >= 0.6 is 0 Å². The standard InChI is InChI=1S/C13H21NO3/c1-5-6-7-10-8-14(9-11(10)15)12(16)17-13(2,3)4/h10-11,15H,7-9H2,1-4H3. The van der Waals surface area contributed by atoms with Crippen molar-refractivity contribution in [3.05, 3.63) is 0 Å². The molecule has 4 nitrogen and oxygen atoms in total. The lowest BCUT2D eigenvalue weighted by Gasteiger charge is -2.24. The molecule has 0 radical (unpaired) electrons. The average molecular weight is 239 g/mol. The van der Waals surface area contributed by atoms with Gasteiger partial charge in [0.1, 0.15) is 5.60 Å². The maximum Gasteiger partial charge on any atom is 0.410 e.